The summed E-state index contributed by atoms with van der Waals surface area (Å²) in [5.41, 5.74) is 0. The molecule has 1 saturated carbocycles. The molecule has 122 valence electrons. The van der Waals surface area contributed by atoms with Gasteiger partial charge < -0.3 is 18.9 Å². The van der Waals surface area contributed by atoms with E-state index in [1.165, 1.54) is 0 Å². The molecule has 1 aliphatic rings. The Balaban J connectivity index is 1.74. The molecule has 0 spiro atoms. The Morgan fingerprint density at radius 1 is 0.905 bits per heavy atom. The van der Waals surface area contributed by atoms with Gasteiger partial charge in [0.2, 0.25) is 0 Å². The van der Waals surface area contributed by atoms with Crippen molar-refractivity contribution in [3.63, 3.8) is 0 Å². The van der Waals surface area contributed by atoms with E-state index < -0.39 is 0 Å². The lowest BCUT2D eigenvalue weighted by Gasteiger charge is -2.07. The highest BCUT2D eigenvalue weighted by molar-refractivity contribution is 5.74. The van der Waals surface area contributed by atoms with Crippen LogP contribution in [0.2, 0.25) is 0 Å². The van der Waals surface area contributed by atoms with Gasteiger partial charge in [-0.3, -0.25) is 9.59 Å². The van der Waals surface area contributed by atoms with Crippen LogP contribution in [0.1, 0.15) is 39.0 Å². The summed E-state index contributed by atoms with van der Waals surface area (Å²) in [5, 5.41) is 0. The minimum atomic E-state index is -0.172. The zero-order valence-corrected chi connectivity index (χ0v) is 12.8. The lowest BCUT2D eigenvalue weighted by atomic mass is 10.2. The largest absolute Gasteiger partial charge is 0.463 e. The summed E-state index contributed by atoms with van der Waals surface area (Å²) in [6, 6.07) is 0. The maximum Gasteiger partial charge on any atom is 0.309 e. The van der Waals surface area contributed by atoms with Crippen LogP contribution in [-0.4, -0.2) is 51.6 Å². The van der Waals surface area contributed by atoms with Gasteiger partial charge in [-0.1, -0.05) is 13.3 Å². The zero-order valence-electron chi connectivity index (χ0n) is 12.8. The first kappa shape index (κ1) is 17.9. The molecule has 21 heavy (non-hydrogen) atoms. The zero-order chi connectivity index (χ0) is 15.3. The number of carbonyl (C=O) groups is 2. The molecule has 0 heterocycles. The number of unbranched alkanes of at least 4 members (excludes halogenated alkanes) is 1. The first-order valence-electron chi connectivity index (χ1n) is 7.71. The van der Waals surface area contributed by atoms with E-state index in [1.54, 1.807) is 0 Å². The third kappa shape index (κ3) is 10.3. The molecule has 0 saturated heterocycles. The minimum Gasteiger partial charge on any atom is -0.463 e. The molecule has 1 aliphatic carbocycles. The molecule has 0 N–H and O–H groups in total. The Bertz CT molecular complexity index is 301. The van der Waals surface area contributed by atoms with E-state index in [4.69, 9.17) is 18.9 Å². The van der Waals surface area contributed by atoms with Crippen molar-refractivity contribution in [1.82, 2.24) is 0 Å². The van der Waals surface area contributed by atoms with Crippen LogP contribution < -0.4 is 0 Å². The molecule has 0 aromatic heterocycles. The van der Waals surface area contributed by atoms with Crippen molar-refractivity contribution in [3.8, 4) is 0 Å². The highest BCUT2D eigenvalue weighted by atomic mass is 16.6. The van der Waals surface area contributed by atoms with E-state index in [2.05, 4.69) is 0 Å². The van der Waals surface area contributed by atoms with Crippen molar-refractivity contribution in [2.24, 2.45) is 5.92 Å². The summed E-state index contributed by atoms with van der Waals surface area (Å²) < 4.78 is 20.5. The first-order valence-corrected chi connectivity index (χ1v) is 7.71. The summed E-state index contributed by atoms with van der Waals surface area (Å²) in [7, 11) is 0. The van der Waals surface area contributed by atoms with Crippen LogP contribution in [0.4, 0.5) is 0 Å². The molecule has 0 unspecified atom stereocenters. The Morgan fingerprint density at radius 3 is 2.05 bits per heavy atom. The topological polar surface area (TPSA) is 71.1 Å². The standard InChI is InChI=1S/C15H26O6/c1-2-3-4-14(16)20-11-9-18-7-8-19-10-12-21-15(17)13-5-6-13/h13H,2-12H2,1H3. The third-order valence-corrected chi connectivity index (χ3v) is 2.98. The highest BCUT2D eigenvalue weighted by Crippen LogP contribution is 2.29. The average molecular weight is 302 g/mol. The van der Waals surface area contributed by atoms with Crippen LogP contribution in [0.3, 0.4) is 0 Å². The Hall–Kier alpha value is -1.14. The number of esters is 2. The molecule has 1 rings (SSSR count). The number of hydrogen-bond donors (Lipinski definition) is 0. The van der Waals surface area contributed by atoms with E-state index >= 15 is 0 Å². The highest BCUT2D eigenvalue weighted by Gasteiger charge is 2.30. The van der Waals surface area contributed by atoms with Gasteiger partial charge in [0.05, 0.1) is 32.3 Å². The van der Waals surface area contributed by atoms with Gasteiger partial charge >= 0.3 is 11.9 Å². The molecule has 1 fully saturated rings. The summed E-state index contributed by atoms with van der Waals surface area (Å²) in [5.74, 6) is -0.151. The second kappa shape index (κ2) is 11.5. The van der Waals surface area contributed by atoms with Gasteiger partial charge in [-0.2, -0.15) is 0 Å². The van der Waals surface area contributed by atoms with Gasteiger partial charge in [0.15, 0.2) is 0 Å². The van der Waals surface area contributed by atoms with Crippen molar-refractivity contribution < 1.29 is 28.5 Å². The fourth-order valence-corrected chi connectivity index (χ4v) is 1.57. The SMILES string of the molecule is CCCCC(=O)OCCOCCOCCOC(=O)C1CC1. The van der Waals surface area contributed by atoms with Crippen molar-refractivity contribution >= 4 is 11.9 Å². The van der Waals surface area contributed by atoms with Gasteiger partial charge in [0.25, 0.3) is 0 Å². The number of rotatable bonds is 13. The fourth-order valence-electron chi connectivity index (χ4n) is 1.57. The quantitative estimate of drug-likeness (QED) is 0.381. The number of carbonyl (C=O) groups excluding carboxylic acids is 2. The third-order valence-electron chi connectivity index (χ3n) is 2.98. The molecular formula is C15H26O6. The lowest BCUT2D eigenvalue weighted by molar-refractivity contribution is -0.147. The number of hydrogen-bond acceptors (Lipinski definition) is 6. The van der Waals surface area contributed by atoms with E-state index in [-0.39, 0.29) is 24.5 Å². The molecule has 0 amide bonds. The normalized spacial score (nSPS) is 14.0. The van der Waals surface area contributed by atoms with Crippen molar-refractivity contribution in [2.45, 2.75) is 39.0 Å². The van der Waals surface area contributed by atoms with Crippen LogP contribution in [0.15, 0.2) is 0 Å². The van der Waals surface area contributed by atoms with E-state index in [0.717, 1.165) is 25.7 Å². The van der Waals surface area contributed by atoms with Crippen LogP contribution >= 0.6 is 0 Å². The van der Waals surface area contributed by atoms with Gasteiger partial charge in [-0.05, 0) is 19.3 Å². The van der Waals surface area contributed by atoms with Crippen LogP contribution in [0, 0.1) is 5.92 Å². The van der Waals surface area contributed by atoms with Crippen LogP contribution in [0.5, 0.6) is 0 Å². The molecule has 6 nitrogen and oxygen atoms in total. The van der Waals surface area contributed by atoms with Gasteiger partial charge in [0.1, 0.15) is 13.2 Å². The minimum absolute atomic E-state index is 0.111. The first-order chi connectivity index (χ1) is 10.2. The molecule has 0 atom stereocenters. The molecule has 0 radical (unpaired) electrons. The second-order valence-electron chi connectivity index (χ2n) is 4.99. The van der Waals surface area contributed by atoms with E-state index in [9.17, 15) is 9.59 Å². The smallest absolute Gasteiger partial charge is 0.309 e. The van der Waals surface area contributed by atoms with Crippen LogP contribution in [0.25, 0.3) is 0 Å². The van der Waals surface area contributed by atoms with E-state index in [0.29, 0.717) is 39.5 Å². The summed E-state index contributed by atoms with van der Waals surface area (Å²) in [6.45, 7) is 4.23. The van der Waals surface area contributed by atoms with Gasteiger partial charge in [0, 0.05) is 6.42 Å². The lowest BCUT2D eigenvalue weighted by Crippen LogP contribution is -2.15. The van der Waals surface area contributed by atoms with Gasteiger partial charge in [-0.15, -0.1) is 0 Å². The maximum atomic E-state index is 11.2. The molecule has 0 aromatic carbocycles. The van der Waals surface area contributed by atoms with E-state index in [1.807, 2.05) is 6.92 Å². The Kier molecular flexibility index (Phi) is 9.82. The molecule has 0 bridgehead atoms. The maximum absolute atomic E-state index is 11.2. The molecule has 0 aliphatic heterocycles. The summed E-state index contributed by atoms with van der Waals surface area (Å²) >= 11 is 0. The predicted molar refractivity (Wildman–Crippen MR) is 75.8 cm³/mol. The Morgan fingerprint density at radius 2 is 1.48 bits per heavy atom. The van der Waals surface area contributed by atoms with Crippen molar-refractivity contribution in [3.05, 3.63) is 0 Å². The summed E-state index contributed by atoms with van der Waals surface area (Å²) in [4.78, 5) is 22.4. The van der Waals surface area contributed by atoms with Gasteiger partial charge in [-0.25, -0.2) is 0 Å². The average Bonchev–Trinajstić information content (AvgIpc) is 3.31. The van der Waals surface area contributed by atoms with Crippen LogP contribution in [-0.2, 0) is 28.5 Å². The molecule has 6 heteroatoms. The monoisotopic (exact) mass is 302 g/mol. The summed E-state index contributed by atoms with van der Waals surface area (Å²) in [6.07, 6.45) is 4.23. The molecule has 0 aromatic rings. The van der Waals surface area contributed by atoms with Crippen molar-refractivity contribution in [1.29, 1.82) is 0 Å². The Labute approximate surface area is 126 Å². The second-order valence-corrected chi connectivity index (χ2v) is 4.99. The fraction of sp³-hybridized carbons (Fsp3) is 0.867. The number of ether oxygens (including phenoxy) is 4. The predicted octanol–water partition coefficient (Wildman–Crippen LogP) is 1.71. The van der Waals surface area contributed by atoms with Crippen molar-refractivity contribution in [2.75, 3.05) is 39.6 Å². The molecular weight excluding hydrogens is 276 g/mol.